The summed E-state index contributed by atoms with van der Waals surface area (Å²) in [6, 6.07) is 16.2. The van der Waals surface area contributed by atoms with Crippen molar-refractivity contribution in [1.29, 1.82) is 0 Å². The van der Waals surface area contributed by atoms with E-state index in [2.05, 4.69) is 11.9 Å². The number of hydrogen-bond acceptors (Lipinski definition) is 4. The van der Waals surface area contributed by atoms with Gasteiger partial charge in [-0.1, -0.05) is 18.6 Å². The highest BCUT2D eigenvalue weighted by Gasteiger charge is 2.19. The van der Waals surface area contributed by atoms with E-state index >= 15 is 0 Å². The van der Waals surface area contributed by atoms with Crippen molar-refractivity contribution in [3.63, 3.8) is 0 Å². The first kappa shape index (κ1) is 20.5. The summed E-state index contributed by atoms with van der Waals surface area (Å²) in [6.07, 6.45) is 4.92. The first-order chi connectivity index (χ1) is 14.6. The molecule has 1 fully saturated rings. The van der Waals surface area contributed by atoms with Gasteiger partial charge in [0.15, 0.2) is 5.75 Å². The average Bonchev–Trinajstić information content (AvgIpc) is 2.78. The number of aromatic nitrogens is 1. The molecule has 0 aliphatic carbocycles. The topological polar surface area (TPSA) is 43.7 Å². The van der Waals surface area contributed by atoms with Gasteiger partial charge in [-0.15, -0.1) is 0 Å². The summed E-state index contributed by atoms with van der Waals surface area (Å²) in [5.74, 6) is 1.21. The summed E-state index contributed by atoms with van der Waals surface area (Å²) < 4.78 is 13.5. The van der Waals surface area contributed by atoms with E-state index < -0.39 is 0 Å². The van der Waals surface area contributed by atoms with Crippen LogP contribution in [-0.4, -0.2) is 42.8 Å². The molecule has 3 aromatic rings. The van der Waals surface area contributed by atoms with Crippen LogP contribution in [0.25, 0.3) is 22.2 Å². The number of methoxy groups -OCH3 is 1. The summed E-state index contributed by atoms with van der Waals surface area (Å²) >= 11 is 0. The second kappa shape index (κ2) is 8.92. The molecule has 4 rings (SSSR count). The number of ether oxygens (including phenoxy) is 2. The molecule has 5 nitrogen and oxygen atoms in total. The van der Waals surface area contributed by atoms with E-state index in [1.54, 1.807) is 7.11 Å². The van der Waals surface area contributed by atoms with E-state index in [4.69, 9.17) is 9.47 Å². The van der Waals surface area contributed by atoms with Gasteiger partial charge in [0.05, 0.1) is 24.9 Å². The van der Waals surface area contributed by atoms with Crippen LogP contribution >= 0.6 is 0 Å². The van der Waals surface area contributed by atoms with E-state index in [0.717, 1.165) is 28.9 Å². The smallest absolute Gasteiger partial charge is 0.231 e. The molecule has 0 N–H and O–H groups in total. The van der Waals surface area contributed by atoms with Crippen molar-refractivity contribution in [2.75, 3.05) is 27.3 Å². The van der Waals surface area contributed by atoms with Crippen molar-refractivity contribution in [2.24, 2.45) is 7.05 Å². The fourth-order valence-electron chi connectivity index (χ4n) is 4.51. The van der Waals surface area contributed by atoms with Gasteiger partial charge in [0.2, 0.25) is 5.43 Å². The normalized spacial score (nSPS) is 17.2. The van der Waals surface area contributed by atoms with Gasteiger partial charge in [-0.3, -0.25) is 4.79 Å². The molecular formula is C25H30N2O3. The van der Waals surface area contributed by atoms with Gasteiger partial charge in [-0.2, -0.15) is 0 Å². The maximum atomic E-state index is 12.9. The predicted octanol–water partition coefficient (Wildman–Crippen LogP) is 4.47. The second-order valence-corrected chi connectivity index (χ2v) is 8.08. The molecular weight excluding hydrogens is 376 g/mol. The highest BCUT2D eigenvalue weighted by Crippen LogP contribution is 2.31. The Bertz CT molecular complexity index is 1070. The van der Waals surface area contributed by atoms with Crippen molar-refractivity contribution in [1.82, 2.24) is 9.47 Å². The number of nitrogens with zero attached hydrogens (tertiary/aromatic N) is 2. The van der Waals surface area contributed by atoms with Crippen LogP contribution in [-0.2, 0) is 7.05 Å². The quantitative estimate of drug-likeness (QED) is 0.606. The van der Waals surface area contributed by atoms with Crippen LogP contribution in [0.1, 0.15) is 25.7 Å². The van der Waals surface area contributed by atoms with E-state index in [1.807, 2.05) is 60.1 Å². The molecule has 2 heterocycles. The Hall–Kier alpha value is -2.79. The molecule has 158 valence electrons. The van der Waals surface area contributed by atoms with E-state index in [-0.39, 0.29) is 5.43 Å². The van der Waals surface area contributed by atoms with Crippen molar-refractivity contribution in [3.05, 3.63) is 58.8 Å². The van der Waals surface area contributed by atoms with Crippen molar-refractivity contribution in [2.45, 2.75) is 31.7 Å². The van der Waals surface area contributed by atoms with Crippen LogP contribution in [0.2, 0.25) is 0 Å². The van der Waals surface area contributed by atoms with Gasteiger partial charge >= 0.3 is 0 Å². The lowest BCUT2D eigenvalue weighted by molar-refractivity contribution is 0.153. The molecule has 0 radical (unpaired) electrons. The number of para-hydroxylation sites is 1. The SMILES string of the molecule is COc1c(-c2ccc(OCCC3CCCCN3C)cc2)n(C)c2ccccc2c1=O. The van der Waals surface area contributed by atoms with E-state index in [0.29, 0.717) is 23.8 Å². The summed E-state index contributed by atoms with van der Waals surface area (Å²) in [7, 11) is 5.72. The largest absolute Gasteiger partial charge is 0.494 e. The highest BCUT2D eigenvalue weighted by atomic mass is 16.5. The number of hydrogen-bond donors (Lipinski definition) is 0. The van der Waals surface area contributed by atoms with E-state index in [9.17, 15) is 4.79 Å². The van der Waals surface area contributed by atoms with E-state index in [1.165, 1.54) is 25.8 Å². The number of rotatable bonds is 6. The number of benzene rings is 2. The van der Waals surface area contributed by atoms with Gasteiger partial charge in [-0.25, -0.2) is 0 Å². The van der Waals surface area contributed by atoms with Crippen molar-refractivity contribution < 1.29 is 9.47 Å². The molecule has 5 heteroatoms. The first-order valence-corrected chi connectivity index (χ1v) is 10.7. The lowest BCUT2D eigenvalue weighted by Crippen LogP contribution is -2.37. The number of pyridine rings is 1. The zero-order chi connectivity index (χ0) is 21.1. The van der Waals surface area contributed by atoms with Crippen LogP contribution in [0.15, 0.2) is 53.3 Å². The molecule has 1 unspecified atom stereocenters. The summed E-state index contributed by atoms with van der Waals surface area (Å²) in [6.45, 7) is 1.90. The molecule has 30 heavy (non-hydrogen) atoms. The molecule has 2 aromatic carbocycles. The Balaban J connectivity index is 1.55. The van der Waals surface area contributed by atoms with Gasteiger partial charge < -0.3 is 18.9 Å². The first-order valence-electron chi connectivity index (χ1n) is 10.7. The summed E-state index contributed by atoms with van der Waals surface area (Å²) in [5.41, 5.74) is 2.50. The average molecular weight is 407 g/mol. The predicted molar refractivity (Wildman–Crippen MR) is 122 cm³/mol. The Morgan fingerprint density at radius 1 is 1.03 bits per heavy atom. The minimum atomic E-state index is -0.0851. The Morgan fingerprint density at radius 2 is 1.80 bits per heavy atom. The minimum absolute atomic E-state index is 0.0851. The second-order valence-electron chi connectivity index (χ2n) is 8.08. The molecule has 0 bridgehead atoms. The van der Waals surface area contributed by atoms with Crippen molar-refractivity contribution in [3.8, 4) is 22.8 Å². The van der Waals surface area contributed by atoms with Gasteiger partial charge in [0, 0.05) is 24.0 Å². The third-order valence-corrected chi connectivity index (χ3v) is 6.24. The third-order valence-electron chi connectivity index (χ3n) is 6.24. The van der Waals surface area contributed by atoms with Gasteiger partial charge in [0.25, 0.3) is 0 Å². The maximum Gasteiger partial charge on any atom is 0.231 e. The standard InChI is InChI=1S/C25H30N2O3/c1-26-16-7-6-8-19(26)15-17-30-20-13-11-18(12-14-20)23-25(29-3)24(28)21-9-4-5-10-22(21)27(23)2/h4-5,9-14,19H,6-8,15-17H2,1-3H3. The molecule has 0 spiro atoms. The maximum absolute atomic E-state index is 12.9. The van der Waals surface area contributed by atoms with Crippen LogP contribution in [0.3, 0.4) is 0 Å². The molecule has 1 atom stereocenters. The van der Waals surface area contributed by atoms with Crippen molar-refractivity contribution >= 4 is 10.9 Å². The summed E-state index contributed by atoms with van der Waals surface area (Å²) in [4.78, 5) is 15.4. The summed E-state index contributed by atoms with van der Waals surface area (Å²) in [5, 5.41) is 0.660. The molecule has 1 saturated heterocycles. The van der Waals surface area contributed by atoms with Crippen LogP contribution in [0.4, 0.5) is 0 Å². The zero-order valence-corrected chi connectivity index (χ0v) is 18.1. The fraction of sp³-hybridized carbons (Fsp3) is 0.400. The van der Waals surface area contributed by atoms with Gasteiger partial charge in [0.1, 0.15) is 5.75 Å². The number of aryl methyl sites for hydroxylation is 1. The number of likely N-dealkylation sites (tertiary alicyclic amines) is 1. The Labute approximate surface area is 177 Å². The zero-order valence-electron chi connectivity index (χ0n) is 18.1. The number of fused-ring (bicyclic) bond motifs is 1. The molecule has 0 saturated carbocycles. The van der Waals surface area contributed by atoms with Crippen LogP contribution in [0, 0.1) is 0 Å². The third kappa shape index (κ3) is 3.94. The molecule has 1 aliphatic rings. The monoisotopic (exact) mass is 406 g/mol. The minimum Gasteiger partial charge on any atom is -0.494 e. The fourth-order valence-corrected chi connectivity index (χ4v) is 4.51. The Morgan fingerprint density at radius 3 is 2.53 bits per heavy atom. The lowest BCUT2D eigenvalue weighted by Gasteiger charge is -2.32. The Kier molecular flexibility index (Phi) is 6.09. The van der Waals surface area contributed by atoms with Crippen LogP contribution in [0.5, 0.6) is 11.5 Å². The molecule has 1 aromatic heterocycles. The molecule has 0 amide bonds. The van der Waals surface area contributed by atoms with Gasteiger partial charge in [-0.05, 0) is 69.3 Å². The lowest BCUT2D eigenvalue weighted by atomic mass is 10.0. The van der Waals surface area contributed by atoms with Crippen LogP contribution < -0.4 is 14.9 Å². The molecule has 1 aliphatic heterocycles. The highest BCUT2D eigenvalue weighted by molar-refractivity contribution is 5.85. The number of piperidine rings is 1.